The number of sulfonamides is 1. The van der Waals surface area contributed by atoms with Crippen molar-refractivity contribution < 1.29 is 18.0 Å². The molecule has 1 atom stereocenters. The standard InChI is InChI=1S/C16H19N3O4S/c17-11-2-1-7-18(9-11)15(20)10-3-6-13-14(8-10)24(22,23)19(16(13)21)12-4-5-12/h3,6,8,11-12H,1-2,4-5,7,9,17H2. The fraction of sp³-hybridized carbons (Fsp3) is 0.500. The number of fused-ring (bicyclic) bond motifs is 1. The molecule has 0 spiro atoms. The van der Waals surface area contributed by atoms with E-state index in [1.165, 1.54) is 18.2 Å². The van der Waals surface area contributed by atoms with Crippen molar-refractivity contribution in [2.75, 3.05) is 13.1 Å². The molecule has 2 aliphatic heterocycles. The second-order valence-corrected chi connectivity index (χ2v) is 8.48. The van der Waals surface area contributed by atoms with Crippen LogP contribution in [-0.4, -0.2) is 54.6 Å². The summed E-state index contributed by atoms with van der Waals surface area (Å²) in [7, 11) is -3.84. The second-order valence-electron chi connectivity index (χ2n) is 6.70. The van der Waals surface area contributed by atoms with E-state index >= 15 is 0 Å². The largest absolute Gasteiger partial charge is 0.337 e. The quantitative estimate of drug-likeness (QED) is 0.841. The highest BCUT2D eigenvalue weighted by molar-refractivity contribution is 7.90. The van der Waals surface area contributed by atoms with Crippen LogP contribution in [0, 0.1) is 0 Å². The highest BCUT2D eigenvalue weighted by atomic mass is 32.2. The summed E-state index contributed by atoms with van der Waals surface area (Å²) >= 11 is 0. The van der Waals surface area contributed by atoms with Crippen LogP contribution >= 0.6 is 0 Å². The smallest absolute Gasteiger partial charge is 0.269 e. The zero-order valence-corrected chi connectivity index (χ0v) is 14.0. The number of likely N-dealkylation sites (tertiary alicyclic amines) is 1. The second kappa shape index (κ2) is 5.29. The van der Waals surface area contributed by atoms with Gasteiger partial charge in [0.25, 0.3) is 21.8 Å². The van der Waals surface area contributed by atoms with Gasteiger partial charge >= 0.3 is 0 Å². The minimum atomic E-state index is -3.84. The lowest BCUT2D eigenvalue weighted by molar-refractivity contribution is 0.0708. The Morgan fingerprint density at radius 2 is 1.96 bits per heavy atom. The Morgan fingerprint density at radius 1 is 1.21 bits per heavy atom. The predicted octanol–water partition coefficient (Wildman–Crippen LogP) is 0.557. The summed E-state index contributed by atoms with van der Waals surface area (Å²) in [6.45, 7) is 1.08. The Morgan fingerprint density at radius 3 is 2.62 bits per heavy atom. The highest BCUT2D eigenvalue weighted by Crippen LogP contribution is 2.39. The molecule has 3 aliphatic rings. The number of hydrogen-bond donors (Lipinski definition) is 1. The molecule has 1 aromatic carbocycles. The molecule has 0 aromatic heterocycles. The van der Waals surface area contributed by atoms with E-state index in [1.807, 2.05) is 0 Å². The molecule has 1 aliphatic carbocycles. The molecule has 2 heterocycles. The number of nitrogens with two attached hydrogens (primary N) is 1. The van der Waals surface area contributed by atoms with Gasteiger partial charge in [-0.1, -0.05) is 0 Å². The molecule has 128 valence electrons. The lowest BCUT2D eigenvalue weighted by Gasteiger charge is -2.30. The van der Waals surface area contributed by atoms with Crippen molar-refractivity contribution in [2.24, 2.45) is 5.73 Å². The molecule has 1 saturated heterocycles. The molecule has 1 aromatic rings. The molecular formula is C16H19N3O4S. The van der Waals surface area contributed by atoms with E-state index < -0.39 is 15.9 Å². The molecule has 24 heavy (non-hydrogen) atoms. The molecule has 0 bridgehead atoms. The first-order valence-electron chi connectivity index (χ1n) is 8.17. The van der Waals surface area contributed by atoms with Gasteiger partial charge in [0.05, 0.1) is 5.56 Å². The van der Waals surface area contributed by atoms with Crippen LogP contribution < -0.4 is 5.73 Å². The highest BCUT2D eigenvalue weighted by Gasteiger charge is 2.48. The maximum Gasteiger partial charge on any atom is 0.269 e. The van der Waals surface area contributed by atoms with E-state index in [1.54, 1.807) is 4.90 Å². The molecule has 1 saturated carbocycles. The SMILES string of the molecule is NC1CCCN(C(=O)c2ccc3c(c2)S(=O)(=O)N(C2CC2)C3=O)C1. The van der Waals surface area contributed by atoms with Gasteiger partial charge in [-0.15, -0.1) is 0 Å². The van der Waals surface area contributed by atoms with Crippen LogP contribution in [0.25, 0.3) is 0 Å². The Labute approximate surface area is 140 Å². The Hall–Kier alpha value is -1.93. The van der Waals surface area contributed by atoms with Crippen LogP contribution in [0.15, 0.2) is 23.1 Å². The lowest BCUT2D eigenvalue weighted by atomic mass is 10.0. The zero-order chi connectivity index (χ0) is 17.1. The van der Waals surface area contributed by atoms with Crippen LogP contribution in [-0.2, 0) is 10.0 Å². The van der Waals surface area contributed by atoms with Crippen molar-refractivity contribution in [2.45, 2.75) is 42.7 Å². The van der Waals surface area contributed by atoms with Gasteiger partial charge in [0.2, 0.25) is 0 Å². The van der Waals surface area contributed by atoms with E-state index in [9.17, 15) is 18.0 Å². The van der Waals surface area contributed by atoms with Gasteiger partial charge in [-0.25, -0.2) is 12.7 Å². The van der Waals surface area contributed by atoms with Gasteiger partial charge in [0.15, 0.2) is 0 Å². The summed E-state index contributed by atoms with van der Waals surface area (Å²) in [6, 6.07) is 4.05. The van der Waals surface area contributed by atoms with Gasteiger partial charge in [0.1, 0.15) is 4.90 Å². The Kier molecular flexibility index (Phi) is 3.43. The third-order valence-corrected chi connectivity index (χ3v) is 6.70. The summed E-state index contributed by atoms with van der Waals surface area (Å²) in [5, 5.41) is 0. The molecular weight excluding hydrogens is 330 g/mol. The van der Waals surface area contributed by atoms with Crippen molar-refractivity contribution in [1.29, 1.82) is 0 Å². The van der Waals surface area contributed by atoms with Crippen molar-refractivity contribution in [1.82, 2.24) is 9.21 Å². The summed E-state index contributed by atoms with van der Waals surface area (Å²) in [5.74, 6) is -0.716. The van der Waals surface area contributed by atoms with Gasteiger partial charge in [-0.05, 0) is 43.9 Å². The molecule has 4 rings (SSSR count). The first-order valence-corrected chi connectivity index (χ1v) is 9.61. The third kappa shape index (κ3) is 2.32. The number of piperidine rings is 1. The third-order valence-electron chi connectivity index (χ3n) is 4.82. The molecule has 2 amide bonds. The number of nitrogens with zero attached hydrogens (tertiary/aromatic N) is 2. The Balaban J connectivity index is 1.68. The van der Waals surface area contributed by atoms with E-state index in [0.717, 1.165) is 17.1 Å². The monoisotopic (exact) mass is 349 g/mol. The maximum absolute atomic E-state index is 12.6. The van der Waals surface area contributed by atoms with Gasteiger partial charge in [0, 0.05) is 30.7 Å². The summed E-state index contributed by atoms with van der Waals surface area (Å²) in [4.78, 5) is 26.6. The van der Waals surface area contributed by atoms with Crippen molar-refractivity contribution in [3.8, 4) is 0 Å². The predicted molar refractivity (Wildman–Crippen MR) is 85.9 cm³/mol. The van der Waals surface area contributed by atoms with E-state index in [2.05, 4.69) is 0 Å². The van der Waals surface area contributed by atoms with Crippen molar-refractivity contribution in [3.63, 3.8) is 0 Å². The van der Waals surface area contributed by atoms with E-state index in [0.29, 0.717) is 25.9 Å². The number of benzene rings is 1. The van der Waals surface area contributed by atoms with Gasteiger partial charge in [-0.2, -0.15) is 0 Å². The normalized spacial score (nSPS) is 25.7. The minimum absolute atomic E-state index is 0.0483. The molecule has 7 nitrogen and oxygen atoms in total. The van der Waals surface area contributed by atoms with Crippen LogP contribution in [0.5, 0.6) is 0 Å². The average molecular weight is 349 g/mol. The number of rotatable bonds is 2. The van der Waals surface area contributed by atoms with E-state index in [4.69, 9.17) is 5.73 Å². The van der Waals surface area contributed by atoms with Crippen LogP contribution in [0.2, 0.25) is 0 Å². The summed E-state index contributed by atoms with van der Waals surface area (Å²) < 4.78 is 26.3. The van der Waals surface area contributed by atoms with Gasteiger partial charge < -0.3 is 10.6 Å². The number of carbonyl (C=O) groups excluding carboxylic acids is 2. The maximum atomic E-state index is 12.6. The van der Waals surface area contributed by atoms with Crippen molar-refractivity contribution >= 4 is 21.8 Å². The summed E-state index contributed by atoms with van der Waals surface area (Å²) in [5.41, 5.74) is 6.36. The topological polar surface area (TPSA) is 101 Å². The number of carbonyl (C=O) groups is 2. The first kappa shape index (κ1) is 15.6. The zero-order valence-electron chi connectivity index (χ0n) is 13.1. The fourth-order valence-corrected chi connectivity index (χ4v) is 5.27. The Bertz CT molecular complexity index is 832. The molecule has 2 fully saturated rings. The van der Waals surface area contributed by atoms with Crippen LogP contribution in [0.4, 0.5) is 0 Å². The van der Waals surface area contributed by atoms with E-state index in [-0.39, 0.29) is 34.0 Å². The van der Waals surface area contributed by atoms with Crippen LogP contribution in [0.3, 0.4) is 0 Å². The van der Waals surface area contributed by atoms with Gasteiger partial charge in [-0.3, -0.25) is 9.59 Å². The summed E-state index contributed by atoms with van der Waals surface area (Å²) in [6.07, 6.45) is 3.13. The first-order chi connectivity index (χ1) is 11.4. The molecule has 1 unspecified atom stereocenters. The van der Waals surface area contributed by atoms with Crippen LogP contribution in [0.1, 0.15) is 46.4 Å². The minimum Gasteiger partial charge on any atom is -0.337 e. The average Bonchev–Trinajstić information content (AvgIpc) is 3.35. The molecule has 8 heteroatoms. The number of hydrogen-bond acceptors (Lipinski definition) is 5. The number of amides is 2. The fourth-order valence-electron chi connectivity index (χ4n) is 3.43. The lowest BCUT2D eigenvalue weighted by Crippen LogP contribution is -2.45. The molecule has 0 radical (unpaired) electrons. The molecule has 2 N–H and O–H groups in total. The van der Waals surface area contributed by atoms with Crippen molar-refractivity contribution in [3.05, 3.63) is 29.3 Å².